The summed E-state index contributed by atoms with van der Waals surface area (Å²) in [6.07, 6.45) is 3.64. The molecule has 0 aromatic heterocycles. The maximum atomic E-state index is 13.3. The zero-order chi connectivity index (χ0) is 23.4. The molecule has 0 saturated heterocycles. The number of nitrogens with zero attached hydrogens (tertiary/aromatic N) is 2. The van der Waals surface area contributed by atoms with Gasteiger partial charge in [0.25, 0.3) is 5.91 Å². The molecule has 0 radical (unpaired) electrons. The minimum Gasteiger partial charge on any atom is -0.496 e. The number of ether oxygens (including phenoxy) is 2. The zero-order valence-corrected chi connectivity index (χ0v) is 19.9. The average molecular weight is 445 g/mol. The highest BCUT2D eigenvalue weighted by atomic mass is 16.5. The number of hydrazine groups is 1. The molecule has 0 saturated carbocycles. The molecule has 172 valence electrons. The Morgan fingerprint density at radius 2 is 1.79 bits per heavy atom. The molecule has 4 rings (SSSR count). The number of para-hydroxylation sites is 1. The van der Waals surface area contributed by atoms with Gasteiger partial charge in [-0.3, -0.25) is 4.79 Å². The average Bonchev–Trinajstić information content (AvgIpc) is 2.83. The molecule has 1 unspecified atom stereocenters. The fraction of sp³-hybridized carbons (Fsp3) is 0.321. The molecule has 5 heteroatoms. The lowest BCUT2D eigenvalue weighted by Crippen LogP contribution is -2.42. The van der Waals surface area contributed by atoms with Crippen LogP contribution in [0.5, 0.6) is 11.5 Å². The molecule has 1 atom stereocenters. The first kappa shape index (κ1) is 22.9. The fourth-order valence-corrected chi connectivity index (χ4v) is 4.49. The lowest BCUT2D eigenvalue weighted by molar-refractivity contribution is 0.0927. The van der Waals surface area contributed by atoms with Gasteiger partial charge in [-0.1, -0.05) is 37.3 Å². The molecule has 5 nitrogen and oxygen atoms in total. The fourth-order valence-electron chi connectivity index (χ4n) is 4.49. The number of hydrogen-bond acceptors (Lipinski definition) is 4. The standard InChI is InChI=1S/C28H32N2O3/c1-20-8-7-9-22-18-24(16-17-25(20)22)33-19-21-12-14-23(15-13-21)30(29(2)3)28(31)26-10-5-6-11-27(26)32-4/h5-6,10-18,20H,7-9,19H2,1-4H3. The lowest BCUT2D eigenvalue weighted by atomic mass is 9.84. The van der Waals surface area contributed by atoms with Crippen LogP contribution in [0.4, 0.5) is 5.69 Å². The van der Waals surface area contributed by atoms with E-state index in [4.69, 9.17) is 9.47 Å². The Bertz CT molecular complexity index is 1110. The topological polar surface area (TPSA) is 42.0 Å². The summed E-state index contributed by atoms with van der Waals surface area (Å²) in [7, 11) is 5.27. The molecule has 0 heterocycles. The lowest BCUT2D eigenvalue weighted by Gasteiger charge is -2.29. The second-order valence-corrected chi connectivity index (χ2v) is 8.77. The normalized spacial score (nSPS) is 15.1. The van der Waals surface area contributed by atoms with Crippen LogP contribution in [0.3, 0.4) is 0 Å². The Labute approximate surface area is 196 Å². The number of carbonyl (C=O) groups is 1. The number of benzene rings is 3. The van der Waals surface area contributed by atoms with E-state index in [9.17, 15) is 4.79 Å². The van der Waals surface area contributed by atoms with Crippen molar-refractivity contribution in [3.05, 3.63) is 89.0 Å². The number of carbonyl (C=O) groups excluding carboxylic acids is 1. The first-order valence-corrected chi connectivity index (χ1v) is 11.5. The van der Waals surface area contributed by atoms with E-state index in [0.717, 1.165) is 23.4 Å². The van der Waals surface area contributed by atoms with Crippen LogP contribution in [0.15, 0.2) is 66.7 Å². The summed E-state index contributed by atoms with van der Waals surface area (Å²) in [5.41, 5.74) is 5.22. The molecule has 0 aliphatic heterocycles. The quantitative estimate of drug-likeness (QED) is 0.430. The van der Waals surface area contributed by atoms with Gasteiger partial charge in [-0.15, -0.1) is 0 Å². The molecular formula is C28H32N2O3. The van der Waals surface area contributed by atoms with Crippen LogP contribution in [0, 0.1) is 0 Å². The van der Waals surface area contributed by atoms with Gasteiger partial charge >= 0.3 is 0 Å². The number of methoxy groups -OCH3 is 1. The van der Waals surface area contributed by atoms with E-state index in [1.807, 2.05) is 50.5 Å². The van der Waals surface area contributed by atoms with Gasteiger partial charge in [0.05, 0.1) is 18.4 Å². The number of aryl methyl sites for hydroxylation is 1. The van der Waals surface area contributed by atoms with E-state index in [2.05, 4.69) is 25.1 Å². The largest absolute Gasteiger partial charge is 0.496 e. The zero-order valence-electron chi connectivity index (χ0n) is 19.9. The summed E-state index contributed by atoms with van der Waals surface area (Å²) in [5, 5.41) is 3.40. The number of rotatable bonds is 7. The number of fused-ring (bicyclic) bond motifs is 1. The van der Waals surface area contributed by atoms with Crippen molar-refractivity contribution in [1.29, 1.82) is 0 Å². The highest BCUT2D eigenvalue weighted by Gasteiger charge is 2.23. The predicted molar refractivity (Wildman–Crippen MR) is 132 cm³/mol. The number of hydrogen-bond donors (Lipinski definition) is 0. The van der Waals surface area contributed by atoms with E-state index in [0.29, 0.717) is 23.8 Å². The van der Waals surface area contributed by atoms with Gasteiger partial charge in [0, 0.05) is 14.1 Å². The molecule has 3 aromatic rings. The van der Waals surface area contributed by atoms with Gasteiger partial charge in [0.1, 0.15) is 18.1 Å². The van der Waals surface area contributed by atoms with Crippen molar-refractivity contribution in [1.82, 2.24) is 5.01 Å². The smallest absolute Gasteiger partial charge is 0.276 e. The molecule has 0 N–H and O–H groups in total. The van der Waals surface area contributed by atoms with Crippen molar-refractivity contribution >= 4 is 11.6 Å². The van der Waals surface area contributed by atoms with Crippen molar-refractivity contribution < 1.29 is 14.3 Å². The third-order valence-corrected chi connectivity index (χ3v) is 6.24. The van der Waals surface area contributed by atoms with Gasteiger partial charge in [-0.25, -0.2) is 10.0 Å². The molecule has 1 amide bonds. The number of anilines is 1. The number of amides is 1. The van der Waals surface area contributed by atoms with Crippen LogP contribution in [-0.4, -0.2) is 32.1 Å². The molecule has 1 aliphatic rings. The molecule has 0 spiro atoms. The Hall–Kier alpha value is -3.31. The summed E-state index contributed by atoms with van der Waals surface area (Å²) in [4.78, 5) is 13.3. The summed E-state index contributed by atoms with van der Waals surface area (Å²) in [6, 6.07) is 21.6. The van der Waals surface area contributed by atoms with E-state index in [1.165, 1.54) is 24.0 Å². The van der Waals surface area contributed by atoms with Gasteiger partial charge in [0.15, 0.2) is 0 Å². The van der Waals surface area contributed by atoms with E-state index in [1.54, 1.807) is 29.3 Å². The Morgan fingerprint density at radius 3 is 2.52 bits per heavy atom. The molecule has 0 fully saturated rings. The van der Waals surface area contributed by atoms with Crippen LogP contribution in [0.1, 0.15) is 52.7 Å². The maximum absolute atomic E-state index is 13.3. The maximum Gasteiger partial charge on any atom is 0.276 e. The van der Waals surface area contributed by atoms with Crippen LogP contribution in [0.25, 0.3) is 0 Å². The minimum absolute atomic E-state index is 0.148. The van der Waals surface area contributed by atoms with Gasteiger partial charge in [-0.05, 0) is 78.3 Å². The molecular weight excluding hydrogens is 412 g/mol. The SMILES string of the molecule is COc1ccccc1C(=O)N(c1ccc(COc2ccc3c(c2)CCCC3C)cc1)N(C)C. The van der Waals surface area contributed by atoms with E-state index >= 15 is 0 Å². The molecule has 1 aliphatic carbocycles. The summed E-state index contributed by atoms with van der Waals surface area (Å²) >= 11 is 0. The second kappa shape index (κ2) is 10.1. The first-order valence-electron chi connectivity index (χ1n) is 11.5. The third-order valence-electron chi connectivity index (χ3n) is 6.24. The molecule has 0 bridgehead atoms. The van der Waals surface area contributed by atoms with Gasteiger partial charge in [0.2, 0.25) is 0 Å². The Balaban J connectivity index is 1.47. The van der Waals surface area contributed by atoms with Crippen molar-refractivity contribution in [2.75, 3.05) is 26.2 Å². The Kier molecular flexibility index (Phi) is 6.99. The Morgan fingerprint density at radius 1 is 1.03 bits per heavy atom. The summed E-state index contributed by atoms with van der Waals surface area (Å²) in [6.45, 7) is 2.78. The van der Waals surface area contributed by atoms with Gasteiger partial charge in [-0.2, -0.15) is 0 Å². The van der Waals surface area contributed by atoms with Crippen molar-refractivity contribution in [3.63, 3.8) is 0 Å². The van der Waals surface area contributed by atoms with Crippen molar-refractivity contribution in [3.8, 4) is 11.5 Å². The van der Waals surface area contributed by atoms with Crippen molar-refractivity contribution in [2.45, 2.75) is 38.7 Å². The van der Waals surface area contributed by atoms with E-state index < -0.39 is 0 Å². The van der Waals surface area contributed by atoms with Crippen molar-refractivity contribution in [2.24, 2.45) is 0 Å². The summed E-state index contributed by atoms with van der Waals surface area (Å²) in [5.74, 6) is 1.95. The highest BCUT2D eigenvalue weighted by molar-refractivity contribution is 6.07. The minimum atomic E-state index is -0.148. The highest BCUT2D eigenvalue weighted by Crippen LogP contribution is 2.33. The van der Waals surface area contributed by atoms with Crippen LogP contribution >= 0.6 is 0 Å². The van der Waals surface area contributed by atoms with Crippen LogP contribution in [-0.2, 0) is 13.0 Å². The third kappa shape index (κ3) is 5.04. The molecule has 33 heavy (non-hydrogen) atoms. The first-order chi connectivity index (χ1) is 16.0. The predicted octanol–water partition coefficient (Wildman–Crippen LogP) is 5.84. The van der Waals surface area contributed by atoms with Gasteiger partial charge < -0.3 is 9.47 Å². The van der Waals surface area contributed by atoms with E-state index in [-0.39, 0.29) is 5.91 Å². The second-order valence-electron chi connectivity index (χ2n) is 8.77. The monoisotopic (exact) mass is 444 g/mol. The van der Waals surface area contributed by atoms with Crippen LogP contribution < -0.4 is 14.5 Å². The van der Waals surface area contributed by atoms with Crippen LogP contribution in [0.2, 0.25) is 0 Å². The molecule has 3 aromatic carbocycles. The summed E-state index contributed by atoms with van der Waals surface area (Å²) < 4.78 is 11.5.